The molecule has 2 heterocycles. The van der Waals surface area contributed by atoms with E-state index in [9.17, 15) is 0 Å². The van der Waals surface area contributed by atoms with Crippen molar-refractivity contribution in [1.82, 2.24) is 20.3 Å². The second-order valence-electron chi connectivity index (χ2n) is 2.95. The van der Waals surface area contributed by atoms with Crippen molar-refractivity contribution in [2.24, 2.45) is 0 Å². The van der Waals surface area contributed by atoms with Gasteiger partial charge in [0.1, 0.15) is 0 Å². The molecule has 0 bridgehead atoms. The van der Waals surface area contributed by atoms with Crippen LogP contribution in [0, 0.1) is 6.92 Å². The Morgan fingerprint density at radius 1 is 1.38 bits per heavy atom. The zero-order valence-corrected chi connectivity index (χ0v) is 9.75. The van der Waals surface area contributed by atoms with E-state index in [2.05, 4.69) is 25.7 Å². The molecule has 0 unspecified atom stereocenters. The summed E-state index contributed by atoms with van der Waals surface area (Å²) in [5.41, 5.74) is 0.573. The van der Waals surface area contributed by atoms with Crippen molar-refractivity contribution in [2.75, 3.05) is 5.32 Å². The SMILES string of the molecule is Cc1nc(CNc2cc(Cl)nnc2Cl)no1. The summed E-state index contributed by atoms with van der Waals surface area (Å²) in [6.45, 7) is 2.09. The first-order chi connectivity index (χ1) is 7.65. The van der Waals surface area contributed by atoms with Gasteiger partial charge in [0.15, 0.2) is 16.1 Å². The van der Waals surface area contributed by atoms with Gasteiger partial charge in [0.05, 0.1) is 12.2 Å². The summed E-state index contributed by atoms with van der Waals surface area (Å²) in [5, 5.41) is 14.4. The van der Waals surface area contributed by atoms with Gasteiger partial charge in [-0.15, -0.1) is 10.2 Å². The Morgan fingerprint density at radius 3 is 2.88 bits per heavy atom. The number of nitrogens with one attached hydrogen (secondary N) is 1. The number of aromatic nitrogens is 4. The van der Waals surface area contributed by atoms with Gasteiger partial charge in [-0.3, -0.25) is 0 Å². The van der Waals surface area contributed by atoms with Gasteiger partial charge in [0.2, 0.25) is 5.89 Å². The summed E-state index contributed by atoms with van der Waals surface area (Å²) in [6, 6.07) is 1.57. The van der Waals surface area contributed by atoms with Gasteiger partial charge >= 0.3 is 0 Å². The van der Waals surface area contributed by atoms with Gasteiger partial charge in [-0.25, -0.2) is 0 Å². The van der Waals surface area contributed by atoms with Crippen molar-refractivity contribution in [3.63, 3.8) is 0 Å². The molecule has 0 aliphatic rings. The molecule has 0 amide bonds. The normalized spacial score (nSPS) is 10.4. The van der Waals surface area contributed by atoms with Gasteiger partial charge in [-0.2, -0.15) is 4.98 Å². The van der Waals surface area contributed by atoms with E-state index >= 15 is 0 Å². The van der Waals surface area contributed by atoms with E-state index in [-0.39, 0.29) is 10.3 Å². The van der Waals surface area contributed by atoms with Crippen LogP contribution in [0.2, 0.25) is 10.3 Å². The minimum atomic E-state index is 0.240. The van der Waals surface area contributed by atoms with E-state index in [1.54, 1.807) is 13.0 Å². The molecular formula is C8H7Cl2N5O. The molecule has 0 spiro atoms. The topological polar surface area (TPSA) is 76.7 Å². The average molecular weight is 260 g/mol. The predicted molar refractivity (Wildman–Crippen MR) is 58.4 cm³/mol. The molecule has 6 nitrogen and oxygen atoms in total. The predicted octanol–water partition coefficient (Wildman–Crippen LogP) is 2.09. The molecule has 16 heavy (non-hydrogen) atoms. The number of nitrogens with zero attached hydrogens (tertiary/aromatic N) is 4. The lowest BCUT2D eigenvalue weighted by molar-refractivity contribution is 0.388. The van der Waals surface area contributed by atoms with E-state index in [1.165, 1.54) is 0 Å². The third-order valence-corrected chi connectivity index (χ3v) is 2.19. The molecule has 8 heteroatoms. The summed E-state index contributed by atoms with van der Waals surface area (Å²) in [6.07, 6.45) is 0. The first-order valence-electron chi connectivity index (χ1n) is 4.37. The van der Waals surface area contributed by atoms with Gasteiger partial charge in [-0.05, 0) is 0 Å². The van der Waals surface area contributed by atoms with Gasteiger partial charge in [0.25, 0.3) is 0 Å². The number of anilines is 1. The summed E-state index contributed by atoms with van der Waals surface area (Å²) in [4.78, 5) is 4.03. The molecule has 84 valence electrons. The molecule has 0 aliphatic carbocycles. The fraction of sp³-hybridized carbons (Fsp3) is 0.250. The van der Waals surface area contributed by atoms with Crippen molar-refractivity contribution in [2.45, 2.75) is 13.5 Å². The number of halogens is 2. The van der Waals surface area contributed by atoms with Crippen LogP contribution < -0.4 is 5.32 Å². The molecule has 2 rings (SSSR count). The minimum absolute atomic E-state index is 0.240. The van der Waals surface area contributed by atoms with E-state index < -0.39 is 0 Å². The second kappa shape index (κ2) is 4.63. The fourth-order valence-corrected chi connectivity index (χ4v) is 1.37. The number of hydrogen-bond donors (Lipinski definition) is 1. The van der Waals surface area contributed by atoms with E-state index in [4.69, 9.17) is 27.7 Å². The Bertz CT molecular complexity index is 501. The lowest BCUT2D eigenvalue weighted by Gasteiger charge is -2.04. The summed E-state index contributed by atoms with van der Waals surface area (Å²) < 4.78 is 4.82. The first kappa shape index (κ1) is 11.1. The van der Waals surface area contributed by atoms with Crippen LogP contribution in [0.3, 0.4) is 0 Å². The Labute approximate surface area is 101 Å². The van der Waals surface area contributed by atoms with E-state index in [0.29, 0.717) is 23.9 Å². The molecule has 1 N–H and O–H groups in total. The maximum absolute atomic E-state index is 5.81. The lowest BCUT2D eigenvalue weighted by atomic mass is 10.4. The van der Waals surface area contributed by atoms with Crippen molar-refractivity contribution >= 4 is 28.9 Å². The largest absolute Gasteiger partial charge is 0.375 e. The van der Waals surface area contributed by atoms with Gasteiger partial charge in [-0.1, -0.05) is 28.4 Å². The number of hydrogen-bond acceptors (Lipinski definition) is 6. The third kappa shape index (κ3) is 2.59. The van der Waals surface area contributed by atoms with Crippen molar-refractivity contribution in [3.05, 3.63) is 28.1 Å². The number of rotatable bonds is 3. The minimum Gasteiger partial charge on any atom is -0.375 e. The van der Waals surface area contributed by atoms with Crippen molar-refractivity contribution in [1.29, 1.82) is 0 Å². The van der Waals surface area contributed by atoms with Gasteiger partial charge in [0, 0.05) is 13.0 Å². The molecule has 0 aromatic carbocycles. The summed E-state index contributed by atoms with van der Waals surface area (Å²) in [5.74, 6) is 1.04. The summed E-state index contributed by atoms with van der Waals surface area (Å²) >= 11 is 11.5. The monoisotopic (exact) mass is 259 g/mol. The lowest BCUT2D eigenvalue weighted by Crippen LogP contribution is -2.03. The maximum Gasteiger partial charge on any atom is 0.223 e. The fourth-order valence-electron chi connectivity index (χ4n) is 1.06. The zero-order chi connectivity index (χ0) is 11.5. The van der Waals surface area contributed by atoms with Crippen molar-refractivity contribution in [3.8, 4) is 0 Å². The highest BCUT2D eigenvalue weighted by Gasteiger charge is 2.06. The molecule has 0 saturated heterocycles. The molecule has 0 radical (unpaired) electrons. The second-order valence-corrected chi connectivity index (χ2v) is 3.70. The highest BCUT2D eigenvalue weighted by atomic mass is 35.5. The standard InChI is InChI=1S/C8H7Cl2N5O/c1-4-12-7(15-16-4)3-11-5-2-6(9)13-14-8(5)10/h2H,3H2,1H3,(H,11,13). The van der Waals surface area contributed by atoms with E-state index in [1.807, 2.05) is 0 Å². The van der Waals surface area contributed by atoms with Crippen LogP contribution in [0.1, 0.15) is 11.7 Å². The molecule has 0 fully saturated rings. The smallest absolute Gasteiger partial charge is 0.223 e. The van der Waals surface area contributed by atoms with Crippen LogP contribution in [0.4, 0.5) is 5.69 Å². The Morgan fingerprint density at radius 2 is 2.19 bits per heavy atom. The third-order valence-electron chi connectivity index (χ3n) is 1.73. The average Bonchev–Trinajstić information content (AvgIpc) is 2.66. The molecule has 2 aromatic rings. The van der Waals surface area contributed by atoms with Crippen LogP contribution in [-0.2, 0) is 6.54 Å². The summed E-state index contributed by atoms with van der Waals surface area (Å²) in [7, 11) is 0. The van der Waals surface area contributed by atoms with E-state index in [0.717, 1.165) is 0 Å². The quantitative estimate of drug-likeness (QED) is 0.910. The van der Waals surface area contributed by atoms with Crippen LogP contribution >= 0.6 is 23.2 Å². The molecular weight excluding hydrogens is 253 g/mol. The van der Waals surface area contributed by atoms with Crippen LogP contribution in [-0.4, -0.2) is 20.3 Å². The maximum atomic E-state index is 5.81. The Hall–Kier alpha value is -1.40. The number of aryl methyl sites for hydroxylation is 1. The van der Waals surface area contributed by atoms with Crippen molar-refractivity contribution < 1.29 is 4.52 Å². The highest BCUT2D eigenvalue weighted by Crippen LogP contribution is 2.21. The highest BCUT2D eigenvalue weighted by molar-refractivity contribution is 6.33. The Kier molecular flexibility index (Phi) is 3.21. The zero-order valence-electron chi connectivity index (χ0n) is 8.24. The first-order valence-corrected chi connectivity index (χ1v) is 5.12. The molecule has 0 saturated carbocycles. The molecule has 2 aromatic heterocycles. The van der Waals surface area contributed by atoms with Gasteiger partial charge < -0.3 is 9.84 Å². The van der Waals surface area contributed by atoms with Crippen LogP contribution in [0.5, 0.6) is 0 Å². The molecule has 0 aliphatic heterocycles. The van der Waals surface area contributed by atoms with Crippen LogP contribution in [0.15, 0.2) is 10.6 Å². The van der Waals surface area contributed by atoms with Crippen LogP contribution in [0.25, 0.3) is 0 Å². The molecule has 0 atom stereocenters. The Balaban J connectivity index is 2.07.